The first-order valence-corrected chi connectivity index (χ1v) is 7.09. The van der Waals surface area contributed by atoms with E-state index in [2.05, 4.69) is 22.0 Å². The average Bonchev–Trinajstić information content (AvgIpc) is 2.42. The number of halogens is 1. The van der Waals surface area contributed by atoms with Crippen LogP contribution in [0.2, 0.25) is 0 Å². The second-order valence-corrected chi connectivity index (χ2v) is 5.61. The van der Waals surface area contributed by atoms with Crippen molar-refractivity contribution in [2.24, 2.45) is 0 Å². The number of ketones is 1. The van der Waals surface area contributed by atoms with E-state index in [4.69, 9.17) is 0 Å². The summed E-state index contributed by atoms with van der Waals surface area (Å²) in [4.78, 5) is 12.6. The molecular weight excluding hydrogens is 314 g/mol. The molecule has 1 unspecified atom stereocenters. The molecule has 3 heteroatoms. The maximum Gasteiger partial charge on any atom is 0.184 e. The molecule has 0 aliphatic heterocycles. The predicted molar refractivity (Wildman–Crippen MR) is 82.7 cm³/mol. The summed E-state index contributed by atoms with van der Waals surface area (Å²) in [5.41, 5.74) is 3.25. The van der Waals surface area contributed by atoms with E-state index in [1.807, 2.05) is 50.2 Å². The van der Waals surface area contributed by atoms with Gasteiger partial charge in [0.15, 0.2) is 5.78 Å². The molecule has 0 aromatic heterocycles. The molecule has 0 amide bonds. The standard InChI is InChI=1S/C17H14BrNO/c1-11-5-3-6-13(9-11)15(10-19)17(20)14-7-4-8-16(18)12(14)2/h3-9,15H,1-2H3. The Morgan fingerprint density at radius 3 is 2.55 bits per heavy atom. The van der Waals surface area contributed by atoms with Crippen molar-refractivity contribution in [2.45, 2.75) is 19.8 Å². The van der Waals surface area contributed by atoms with Gasteiger partial charge in [-0.05, 0) is 31.0 Å². The summed E-state index contributed by atoms with van der Waals surface area (Å²) in [5, 5.41) is 9.38. The molecule has 0 saturated carbocycles. The molecule has 0 fully saturated rings. The number of benzene rings is 2. The number of rotatable bonds is 3. The van der Waals surface area contributed by atoms with Crippen molar-refractivity contribution in [3.63, 3.8) is 0 Å². The molecule has 2 rings (SSSR count). The quantitative estimate of drug-likeness (QED) is 0.775. The number of hydrogen-bond donors (Lipinski definition) is 0. The third-order valence-electron chi connectivity index (χ3n) is 3.30. The van der Waals surface area contributed by atoms with Gasteiger partial charge in [-0.2, -0.15) is 5.26 Å². The van der Waals surface area contributed by atoms with Gasteiger partial charge >= 0.3 is 0 Å². The van der Waals surface area contributed by atoms with Gasteiger partial charge in [-0.3, -0.25) is 4.79 Å². The Balaban J connectivity index is 2.45. The van der Waals surface area contributed by atoms with Crippen molar-refractivity contribution in [3.05, 3.63) is 69.2 Å². The van der Waals surface area contributed by atoms with Gasteiger partial charge in [0.2, 0.25) is 0 Å². The van der Waals surface area contributed by atoms with Crippen LogP contribution < -0.4 is 0 Å². The monoisotopic (exact) mass is 327 g/mol. The molecule has 0 radical (unpaired) electrons. The van der Waals surface area contributed by atoms with Gasteiger partial charge in [0.25, 0.3) is 0 Å². The summed E-state index contributed by atoms with van der Waals surface area (Å²) < 4.78 is 0.879. The molecule has 20 heavy (non-hydrogen) atoms. The zero-order chi connectivity index (χ0) is 14.7. The number of Topliss-reactive ketones (excluding diaryl/α,β-unsaturated/α-hetero) is 1. The Labute approximate surface area is 127 Å². The fourth-order valence-electron chi connectivity index (χ4n) is 2.16. The Morgan fingerprint density at radius 1 is 1.20 bits per heavy atom. The molecule has 0 spiro atoms. The Kier molecular flexibility index (Phi) is 4.36. The van der Waals surface area contributed by atoms with E-state index in [1.165, 1.54) is 0 Å². The van der Waals surface area contributed by atoms with Crippen LogP contribution in [0.4, 0.5) is 0 Å². The molecule has 0 bridgehead atoms. The van der Waals surface area contributed by atoms with E-state index in [1.54, 1.807) is 6.07 Å². The summed E-state index contributed by atoms with van der Waals surface area (Å²) in [6, 6.07) is 15.1. The SMILES string of the molecule is Cc1cccc(C(C#N)C(=O)c2cccc(Br)c2C)c1. The molecule has 2 nitrogen and oxygen atoms in total. The highest BCUT2D eigenvalue weighted by molar-refractivity contribution is 9.10. The molecule has 0 aliphatic rings. The zero-order valence-corrected chi connectivity index (χ0v) is 12.9. The summed E-state index contributed by atoms with van der Waals surface area (Å²) >= 11 is 3.42. The molecule has 0 saturated heterocycles. The minimum absolute atomic E-state index is 0.156. The van der Waals surface area contributed by atoms with Gasteiger partial charge in [-0.1, -0.05) is 57.9 Å². The fourth-order valence-corrected chi connectivity index (χ4v) is 2.53. The molecular formula is C17H14BrNO. The maximum absolute atomic E-state index is 12.6. The Bertz CT molecular complexity index is 700. The highest BCUT2D eigenvalue weighted by Gasteiger charge is 2.23. The van der Waals surface area contributed by atoms with E-state index in [-0.39, 0.29) is 5.78 Å². The third kappa shape index (κ3) is 2.81. The van der Waals surface area contributed by atoms with Crippen LogP contribution in [0.5, 0.6) is 0 Å². The van der Waals surface area contributed by atoms with E-state index >= 15 is 0 Å². The van der Waals surface area contributed by atoms with Crippen LogP contribution in [-0.4, -0.2) is 5.78 Å². The lowest BCUT2D eigenvalue weighted by Gasteiger charge is -2.12. The molecule has 1 atom stereocenters. The van der Waals surface area contributed by atoms with E-state index in [0.29, 0.717) is 5.56 Å². The van der Waals surface area contributed by atoms with Crippen molar-refractivity contribution in [3.8, 4) is 6.07 Å². The number of carbonyl (C=O) groups excluding carboxylic acids is 1. The number of aryl methyl sites for hydroxylation is 1. The number of nitrogens with zero attached hydrogens (tertiary/aromatic N) is 1. The van der Waals surface area contributed by atoms with Crippen LogP contribution in [0, 0.1) is 25.2 Å². The lowest BCUT2D eigenvalue weighted by molar-refractivity contribution is 0.0978. The number of hydrogen-bond acceptors (Lipinski definition) is 2. The summed E-state index contributed by atoms with van der Waals surface area (Å²) in [7, 11) is 0. The fraction of sp³-hybridized carbons (Fsp3) is 0.176. The second-order valence-electron chi connectivity index (χ2n) is 4.75. The smallest absolute Gasteiger partial charge is 0.184 e. The normalized spacial score (nSPS) is 11.7. The molecule has 2 aromatic rings. The number of carbonyl (C=O) groups is 1. The summed E-state index contributed by atoms with van der Waals surface area (Å²) in [5.74, 6) is -0.917. The molecule has 0 heterocycles. The van der Waals surface area contributed by atoms with E-state index < -0.39 is 5.92 Å². The lowest BCUT2D eigenvalue weighted by atomic mass is 9.89. The minimum atomic E-state index is -0.761. The van der Waals surface area contributed by atoms with Crippen LogP contribution >= 0.6 is 15.9 Å². The summed E-state index contributed by atoms with van der Waals surface area (Å²) in [6.45, 7) is 3.83. The first-order valence-electron chi connectivity index (χ1n) is 6.30. The third-order valence-corrected chi connectivity index (χ3v) is 4.16. The lowest BCUT2D eigenvalue weighted by Crippen LogP contribution is -2.13. The van der Waals surface area contributed by atoms with Crippen molar-refractivity contribution in [1.29, 1.82) is 5.26 Å². The largest absolute Gasteiger partial charge is 0.292 e. The van der Waals surface area contributed by atoms with Crippen molar-refractivity contribution in [2.75, 3.05) is 0 Å². The van der Waals surface area contributed by atoms with Crippen molar-refractivity contribution < 1.29 is 4.79 Å². The topological polar surface area (TPSA) is 40.9 Å². The highest BCUT2D eigenvalue weighted by atomic mass is 79.9. The second kappa shape index (κ2) is 6.02. The van der Waals surface area contributed by atoms with Crippen molar-refractivity contribution in [1.82, 2.24) is 0 Å². The van der Waals surface area contributed by atoms with Gasteiger partial charge in [-0.25, -0.2) is 0 Å². The van der Waals surface area contributed by atoms with Crippen LogP contribution in [0.1, 0.15) is 33.0 Å². The van der Waals surface area contributed by atoms with E-state index in [9.17, 15) is 10.1 Å². The van der Waals surface area contributed by atoms with Gasteiger partial charge in [-0.15, -0.1) is 0 Å². The average molecular weight is 328 g/mol. The van der Waals surface area contributed by atoms with Gasteiger partial charge < -0.3 is 0 Å². The van der Waals surface area contributed by atoms with Gasteiger partial charge in [0.1, 0.15) is 5.92 Å². The maximum atomic E-state index is 12.6. The van der Waals surface area contributed by atoms with Gasteiger partial charge in [0.05, 0.1) is 6.07 Å². The molecule has 0 aliphatic carbocycles. The van der Waals surface area contributed by atoms with Crippen LogP contribution in [0.15, 0.2) is 46.9 Å². The Morgan fingerprint density at radius 2 is 1.90 bits per heavy atom. The van der Waals surface area contributed by atoms with Crippen LogP contribution in [0.25, 0.3) is 0 Å². The molecule has 100 valence electrons. The molecule has 2 aromatic carbocycles. The zero-order valence-electron chi connectivity index (χ0n) is 11.4. The number of nitriles is 1. The first kappa shape index (κ1) is 14.5. The highest BCUT2D eigenvalue weighted by Crippen LogP contribution is 2.26. The minimum Gasteiger partial charge on any atom is -0.292 e. The summed E-state index contributed by atoms with van der Waals surface area (Å²) in [6.07, 6.45) is 0. The van der Waals surface area contributed by atoms with Gasteiger partial charge in [0, 0.05) is 10.0 Å². The van der Waals surface area contributed by atoms with E-state index in [0.717, 1.165) is 21.2 Å². The van der Waals surface area contributed by atoms with Crippen LogP contribution in [-0.2, 0) is 0 Å². The van der Waals surface area contributed by atoms with Crippen LogP contribution in [0.3, 0.4) is 0 Å². The Hall–Kier alpha value is -1.92. The van der Waals surface area contributed by atoms with Crippen molar-refractivity contribution >= 4 is 21.7 Å². The predicted octanol–water partition coefficient (Wildman–Crippen LogP) is 4.56. The molecule has 0 N–H and O–H groups in total. The first-order chi connectivity index (χ1) is 9.54.